The lowest BCUT2D eigenvalue weighted by Crippen LogP contribution is -2.12. The van der Waals surface area contributed by atoms with E-state index in [2.05, 4.69) is 10.3 Å². The summed E-state index contributed by atoms with van der Waals surface area (Å²) in [6, 6.07) is 8.69. The molecule has 1 aromatic carbocycles. The number of anilines is 1. The van der Waals surface area contributed by atoms with Crippen LogP contribution >= 0.6 is 0 Å². The number of carbonyl (C=O) groups excluding carboxylic acids is 1. The predicted molar refractivity (Wildman–Crippen MR) is 74.2 cm³/mol. The number of halogens is 2. The van der Waals surface area contributed by atoms with E-state index in [1.807, 2.05) is 19.1 Å². The van der Waals surface area contributed by atoms with E-state index in [0.717, 1.165) is 17.8 Å². The minimum Gasteiger partial charge on any atom is -0.320 e. The van der Waals surface area contributed by atoms with Crippen molar-refractivity contribution in [3.8, 4) is 0 Å². The van der Waals surface area contributed by atoms with Crippen LogP contribution in [0.5, 0.6) is 0 Å². The van der Waals surface area contributed by atoms with E-state index in [9.17, 15) is 13.6 Å². The first-order chi connectivity index (χ1) is 10.0. The lowest BCUT2D eigenvalue weighted by atomic mass is 10.3. The Balaban J connectivity index is 1.90. The molecular weight excluding hydrogens is 276 g/mol. The third-order valence-corrected chi connectivity index (χ3v) is 3.11. The Kier molecular flexibility index (Phi) is 3.13. The van der Waals surface area contributed by atoms with Gasteiger partial charge in [-0.15, -0.1) is 0 Å². The topological polar surface area (TPSA) is 46.4 Å². The van der Waals surface area contributed by atoms with Gasteiger partial charge in [0.25, 0.3) is 5.91 Å². The summed E-state index contributed by atoms with van der Waals surface area (Å²) in [5, 5.41) is 2.49. The van der Waals surface area contributed by atoms with Gasteiger partial charge in [0, 0.05) is 23.6 Å². The number of imidazole rings is 1. The van der Waals surface area contributed by atoms with Gasteiger partial charge in [-0.25, -0.2) is 13.8 Å². The third kappa shape index (κ3) is 2.47. The molecule has 0 radical (unpaired) electrons. The van der Waals surface area contributed by atoms with Crippen molar-refractivity contribution < 1.29 is 13.6 Å². The molecule has 3 aromatic rings. The van der Waals surface area contributed by atoms with Gasteiger partial charge in [0.1, 0.15) is 11.3 Å². The molecule has 6 heteroatoms. The van der Waals surface area contributed by atoms with Gasteiger partial charge in [-0.3, -0.25) is 4.79 Å². The Labute approximate surface area is 119 Å². The highest BCUT2D eigenvalue weighted by Crippen LogP contribution is 2.15. The minimum atomic E-state index is -1.02. The average molecular weight is 287 g/mol. The predicted octanol–water partition coefficient (Wildman–Crippen LogP) is 3.17. The largest absolute Gasteiger partial charge is 0.320 e. The molecule has 2 aromatic heterocycles. The normalized spacial score (nSPS) is 10.8. The number of amides is 1. The zero-order valence-corrected chi connectivity index (χ0v) is 11.1. The monoisotopic (exact) mass is 287 g/mol. The first-order valence-electron chi connectivity index (χ1n) is 6.26. The average Bonchev–Trinajstić information content (AvgIpc) is 2.89. The van der Waals surface area contributed by atoms with Crippen molar-refractivity contribution >= 4 is 17.2 Å². The van der Waals surface area contributed by atoms with Crippen LogP contribution in [0.4, 0.5) is 14.5 Å². The molecule has 1 amide bonds. The van der Waals surface area contributed by atoms with Crippen LogP contribution in [0, 0.1) is 18.6 Å². The van der Waals surface area contributed by atoms with Crippen molar-refractivity contribution in [2.75, 3.05) is 5.32 Å². The zero-order chi connectivity index (χ0) is 15.0. The number of aromatic nitrogens is 2. The van der Waals surface area contributed by atoms with Crippen molar-refractivity contribution in [1.82, 2.24) is 9.38 Å². The van der Waals surface area contributed by atoms with Gasteiger partial charge in [-0.1, -0.05) is 6.07 Å². The number of carbonyl (C=O) groups is 1. The summed E-state index contributed by atoms with van der Waals surface area (Å²) in [5.41, 5.74) is 1.96. The third-order valence-electron chi connectivity index (χ3n) is 3.11. The van der Waals surface area contributed by atoms with Crippen LogP contribution in [0.15, 0.2) is 42.6 Å². The molecule has 1 N–H and O–H groups in total. The first kappa shape index (κ1) is 13.2. The number of nitrogens with zero attached hydrogens (tertiary/aromatic N) is 2. The molecule has 0 saturated heterocycles. The second-order valence-electron chi connectivity index (χ2n) is 4.60. The van der Waals surface area contributed by atoms with E-state index in [1.54, 1.807) is 16.7 Å². The van der Waals surface area contributed by atoms with E-state index in [0.29, 0.717) is 5.65 Å². The summed E-state index contributed by atoms with van der Waals surface area (Å²) in [7, 11) is 0. The standard InChI is InChI=1S/C15H11F2N3O/c1-9-3-2-4-14-19-13(8-20(9)14)15(21)18-10-5-6-11(16)12(17)7-10/h2-8H,1H3,(H,18,21). The SMILES string of the molecule is Cc1cccc2nc(C(=O)Nc3ccc(F)c(F)c3)cn12. The van der Waals surface area contributed by atoms with E-state index >= 15 is 0 Å². The van der Waals surface area contributed by atoms with Crippen LogP contribution in [0.1, 0.15) is 16.2 Å². The summed E-state index contributed by atoms with van der Waals surface area (Å²) >= 11 is 0. The molecule has 0 saturated carbocycles. The Hall–Kier alpha value is -2.76. The fourth-order valence-electron chi connectivity index (χ4n) is 2.03. The Bertz CT molecular complexity index is 842. The molecule has 0 bridgehead atoms. The van der Waals surface area contributed by atoms with Crippen molar-refractivity contribution in [2.24, 2.45) is 0 Å². The molecular formula is C15H11F2N3O. The number of rotatable bonds is 2. The summed E-state index contributed by atoms with van der Waals surface area (Å²) in [6.45, 7) is 1.89. The number of hydrogen-bond donors (Lipinski definition) is 1. The van der Waals surface area contributed by atoms with E-state index in [4.69, 9.17) is 0 Å². The van der Waals surface area contributed by atoms with Crippen LogP contribution in [0.25, 0.3) is 5.65 Å². The molecule has 4 nitrogen and oxygen atoms in total. The fraction of sp³-hybridized carbons (Fsp3) is 0.0667. The molecule has 0 unspecified atom stereocenters. The van der Waals surface area contributed by atoms with Gasteiger partial charge in [0.15, 0.2) is 11.6 Å². The maximum Gasteiger partial charge on any atom is 0.275 e. The quantitative estimate of drug-likeness (QED) is 0.787. The first-order valence-corrected chi connectivity index (χ1v) is 6.26. The second-order valence-corrected chi connectivity index (χ2v) is 4.60. The number of fused-ring (bicyclic) bond motifs is 1. The van der Waals surface area contributed by atoms with E-state index < -0.39 is 17.5 Å². The number of pyridine rings is 1. The van der Waals surface area contributed by atoms with Gasteiger partial charge < -0.3 is 9.72 Å². The highest BCUT2D eigenvalue weighted by atomic mass is 19.2. The molecule has 0 aliphatic rings. The number of hydrogen-bond acceptors (Lipinski definition) is 2. The Morgan fingerprint density at radius 2 is 2.00 bits per heavy atom. The molecule has 106 valence electrons. The lowest BCUT2D eigenvalue weighted by molar-refractivity contribution is 0.102. The van der Waals surface area contributed by atoms with Crippen LogP contribution < -0.4 is 5.32 Å². The molecule has 0 spiro atoms. The molecule has 0 atom stereocenters. The van der Waals surface area contributed by atoms with Gasteiger partial charge in [0.2, 0.25) is 0 Å². The highest BCUT2D eigenvalue weighted by Gasteiger charge is 2.12. The second kappa shape index (κ2) is 4.97. The Morgan fingerprint density at radius 1 is 1.19 bits per heavy atom. The van der Waals surface area contributed by atoms with Crippen molar-refractivity contribution in [3.05, 3.63) is 65.6 Å². The zero-order valence-electron chi connectivity index (χ0n) is 11.1. The summed E-state index contributed by atoms with van der Waals surface area (Å²) in [5.74, 6) is -2.46. The Morgan fingerprint density at radius 3 is 2.71 bits per heavy atom. The number of benzene rings is 1. The van der Waals surface area contributed by atoms with Crippen LogP contribution in [-0.2, 0) is 0 Å². The van der Waals surface area contributed by atoms with Gasteiger partial charge in [0.05, 0.1) is 0 Å². The molecule has 0 aliphatic carbocycles. The molecule has 0 fully saturated rings. The smallest absolute Gasteiger partial charge is 0.275 e. The highest BCUT2D eigenvalue weighted by molar-refractivity contribution is 6.03. The number of aryl methyl sites for hydroxylation is 1. The molecule has 2 heterocycles. The van der Waals surface area contributed by atoms with Crippen molar-refractivity contribution in [2.45, 2.75) is 6.92 Å². The van der Waals surface area contributed by atoms with Crippen molar-refractivity contribution in [1.29, 1.82) is 0 Å². The van der Waals surface area contributed by atoms with Crippen LogP contribution in [-0.4, -0.2) is 15.3 Å². The number of nitrogens with one attached hydrogen (secondary N) is 1. The van der Waals surface area contributed by atoms with Crippen LogP contribution in [0.3, 0.4) is 0 Å². The molecule has 21 heavy (non-hydrogen) atoms. The van der Waals surface area contributed by atoms with Gasteiger partial charge in [-0.2, -0.15) is 0 Å². The minimum absolute atomic E-state index is 0.174. The fourth-order valence-corrected chi connectivity index (χ4v) is 2.03. The summed E-state index contributed by atoms with van der Waals surface area (Å²) < 4.78 is 27.7. The molecule has 3 rings (SSSR count). The maximum atomic E-state index is 13.1. The van der Waals surface area contributed by atoms with E-state index in [-0.39, 0.29) is 11.4 Å². The van der Waals surface area contributed by atoms with Crippen LogP contribution in [0.2, 0.25) is 0 Å². The summed E-state index contributed by atoms with van der Waals surface area (Å²) in [6.07, 6.45) is 1.60. The molecule has 0 aliphatic heterocycles. The van der Waals surface area contributed by atoms with Gasteiger partial charge in [-0.05, 0) is 31.2 Å². The summed E-state index contributed by atoms with van der Waals surface area (Å²) in [4.78, 5) is 16.3. The lowest BCUT2D eigenvalue weighted by Gasteiger charge is -2.03. The maximum absolute atomic E-state index is 13.1. The van der Waals surface area contributed by atoms with E-state index in [1.165, 1.54) is 6.07 Å². The van der Waals surface area contributed by atoms with Crippen molar-refractivity contribution in [3.63, 3.8) is 0 Å². The van der Waals surface area contributed by atoms with Gasteiger partial charge >= 0.3 is 0 Å².